The van der Waals surface area contributed by atoms with Crippen molar-refractivity contribution in [3.05, 3.63) is 59.4 Å². The molecule has 0 aliphatic carbocycles. The quantitative estimate of drug-likeness (QED) is 0.794. The number of hydrogen-bond donors (Lipinski definition) is 0. The number of sulfone groups is 1. The molecular formula is C13H9NO3S. The van der Waals surface area contributed by atoms with Crippen LogP contribution in [0.2, 0.25) is 0 Å². The maximum absolute atomic E-state index is 12.2. The summed E-state index contributed by atoms with van der Waals surface area (Å²) in [7, 11) is -3.79. The second-order valence-corrected chi connectivity index (χ2v) is 5.37. The van der Waals surface area contributed by atoms with Gasteiger partial charge in [0, 0.05) is 6.08 Å². The summed E-state index contributed by atoms with van der Waals surface area (Å²) in [5, 5.41) is 8.98. The minimum atomic E-state index is -3.79. The van der Waals surface area contributed by atoms with Crippen LogP contribution < -0.4 is 0 Å². The molecule has 0 amide bonds. The van der Waals surface area contributed by atoms with Gasteiger partial charge in [-0.3, -0.25) is 0 Å². The molecule has 0 bridgehead atoms. The van der Waals surface area contributed by atoms with Crippen molar-refractivity contribution in [2.75, 3.05) is 0 Å². The van der Waals surface area contributed by atoms with Gasteiger partial charge in [-0.25, -0.2) is 8.42 Å². The van der Waals surface area contributed by atoms with E-state index >= 15 is 0 Å². The number of nitriles is 1. The molecule has 2 aromatic rings. The van der Waals surface area contributed by atoms with Gasteiger partial charge in [0.1, 0.15) is 11.8 Å². The van der Waals surface area contributed by atoms with Gasteiger partial charge in [0.25, 0.3) is 0 Å². The third-order valence-electron chi connectivity index (χ3n) is 2.27. The fourth-order valence-corrected chi connectivity index (χ4v) is 2.56. The molecule has 0 aliphatic rings. The lowest BCUT2D eigenvalue weighted by molar-refractivity contribution is 0.556. The van der Waals surface area contributed by atoms with Crippen molar-refractivity contribution in [2.45, 2.75) is 4.90 Å². The molecule has 4 nitrogen and oxygen atoms in total. The number of benzene rings is 1. The first-order chi connectivity index (χ1) is 8.64. The Bertz CT molecular complexity index is 692. The van der Waals surface area contributed by atoms with Crippen LogP contribution >= 0.6 is 0 Å². The van der Waals surface area contributed by atoms with Gasteiger partial charge in [-0.05, 0) is 24.3 Å². The van der Waals surface area contributed by atoms with Gasteiger partial charge in [-0.2, -0.15) is 5.26 Å². The molecule has 90 valence electrons. The van der Waals surface area contributed by atoms with Crippen LogP contribution in [-0.2, 0) is 9.84 Å². The summed E-state index contributed by atoms with van der Waals surface area (Å²) in [6.45, 7) is 0. The summed E-state index contributed by atoms with van der Waals surface area (Å²) in [6, 6.07) is 12.7. The highest BCUT2D eigenvalue weighted by Crippen LogP contribution is 2.20. The Labute approximate surface area is 105 Å². The molecule has 18 heavy (non-hydrogen) atoms. The monoisotopic (exact) mass is 259 g/mol. The molecule has 0 N–H and O–H groups in total. The van der Waals surface area contributed by atoms with Gasteiger partial charge >= 0.3 is 0 Å². The van der Waals surface area contributed by atoms with E-state index in [-0.39, 0.29) is 9.80 Å². The van der Waals surface area contributed by atoms with E-state index in [1.165, 1.54) is 24.5 Å². The minimum Gasteiger partial charge on any atom is -0.465 e. The number of rotatable bonds is 3. The average Bonchev–Trinajstić information content (AvgIpc) is 2.89. The van der Waals surface area contributed by atoms with Crippen molar-refractivity contribution in [2.24, 2.45) is 0 Å². The maximum atomic E-state index is 12.2. The highest BCUT2D eigenvalue weighted by Gasteiger charge is 2.20. The minimum absolute atomic E-state index is 0.0874. The zero-order chi connectivity index (χ0) is 13.0. The molecule has 0 unspecified atom stereocenters. The summed E-state index contributed by atoms with van der Waals surface area (Å²) < 4.78 is 29.3. The smallest absolute Gasteiger partial charge is 0.216 e. The van der Waals surface area contributed by atoms with Gasteiger partial charge in [-0.15, -0.1) is 0 Å². The SMILES string of the molecule is N#C/C(=C/c1ccco1)S(=O)(=O)c1ccccc1. The van der Waals surface area contributed by atoms with Gasteiger partial charge in [0.2, 0.25) is 9.84 Å². The number of nitrogens with zero attached hydrogens (tertiary/aromatic N) is 1. The van der Waals surface area contributed by atoms with Crippen LogP contribution in [-0.4, -0.2) is 8.42 Å². The van der Waals surface area contributed by atoms with E-state index in [4.69, 9.17) is 9.68 Å². The second-order valence-electron chi connectivity index (χ2n) is 3.45. The molecular weight excluding hydrogens is 250 g/mol. The zero-order valence-electron chi connectivity index (χ0n) is 9.28. The molecule has 1 aromatic carbocycles. The molecule has 0 saturated carbocycles. The van der Waals surface area contributed by atoms with Crippen LogP contribution in [0.5, 0.6) is 0 Å². The standard InChI is InChI=1S/C13H9NO3S/c14-10-13(9-11-5-4-8-17-11)18(15,16)12-6-2-1-3-7-12/h1-9H/b13-9-. The highest BCUT2D eigenvalue weighted by molar-refractivity contribution is 7.95. The zero-order valence-corrected chi connectivity index (χ0v) is 10.1. The predicted molar refractivity (Wildman–Crippen MR) is 65.9 cm³/mol. The van der Waals surface area contributed by atoms with Crippen LogP contribution in [0, 0.1) is 11.3 Å². The Morgan fingerprint density at radius 3 is 2.44 bits per heavy atom. The Hall–Kier alpha value is -2.32. The normalized spacial score (nSPS) is 12.1. The van der Waals surface area contributed by atoms with Gasteiger partial charge in [0.05, 0.1) is 11.2 Å². The lowest BCUT2D eigenvalue weighted by Gasteiger charge is -2.01. The Morgan fingerprint density at radius 2 is 1.89 bits per heavy atom. The number of allylic oxidation sites excluding steroid dienone is 1. The van der Waals surface area contributed by atoms with Crippen LogP contribution in [0.4, 0.5) is 0 Å². The summed E-state index contributed by atoms with van der Waals surface area (Å²) in [5.41, 5.74) is 0. The van der Waals surface area contributed by atoms with Gasteiger partial charge < -0.3 is 4.42 Å². The molecule has 0 fully saturated rings. The Morgan fingerprint density at radius 1 is 1.17 bits per heavy atom. The Balaban J connectivity index is 2.50. The third kappa shape index (κ3) is 2.34. The van der Waals surface area contributed by atoms with Crippen molar-refractivity contribution in [3.8, 4) is 6.07 Å². The molecule has 2 rings (SSSR count). The first kappa shape index (κ1) is 12.1. The molecule has 1 heterocycles. The summed E-state index contributed by atoms with van der Waals surface area (Å²) in [6.07, 6.45) is 2.62. The van der Waals surface area contributed by atoms with E-state index in [2.05, 4.69) is 0 Å². The van der Waals surface area contributed by atoms with Crippen molar-refractivity contribution in [3.63, 3.8) is 0 Å². The van der Waals surface area contributed by atoms with Gasteiger partial charge in [0.15, 0.2) is 4.91 Å². The summed E-state index contributed by atoms with van der Waals surface area (Å²) >= 11 is 0. The van der Waals surface area contributed by atoms with Crippen molar-refractivity contribution >= 4 is 15.9 Å². The molecule has 5 heteroatoms. The lowest BCUT2D eigenvalue weighted by atomic mass is 10.4. The third-order valence-corrected chi connectivity index (χ3v) is 3.95. The summed E-state index contributed by atoms with van der Waals surface area (Å²) in [4.78, 5) is -0.256. The van der Waals surface area contributed by atoms with Crippen molar-refractivity contribution in [1.82, 2.24) is 0 Å². The van der Waals surface area contributed by atoms with Crippen LogP contribution in [0.15, 0.2) is 62.9 Å². The van der Waals surface area contributed by atoms with Crippen molar-refractivity contribution in [1.29, 1.82) is 5.26 Å². The molecule has 0 atom stereocenters. The highest BCUT2D eigenvalue weighted by atomic mass is 32.2. The maximum Gasteiger partial charge on any atom is 0.216 e. The van der Waals surface area contributed by atoms with Crippen LogP contribution in [0.3, 0.4) is 0 Å². The van der Waals surface area contributed by atoms with Crippen LogP contribution in [0.25, 0.3) is 6.08 Å². The number of furan rings is 1. The van der Waals surface area contributed by atoms with E-state index in [0.29, 0.717) is 5.76 Å². The van der Waals surface area contributed by atoms with Gasteiger partial charge in [-0.1, -0.05) is 18.2 Å². The fraction of sp³-hybridized carbons (Fsp3) is 0. The van der Waals surface area contributed by atoms with E-state index in [9.17, 15) is 8.42 Å². The van der Waals surface area contributed by atoms with Crippen molar-refractivity contribution < 1.29 is 12.8 Å². The summed E-state index contributed by atoms with van der Waals surface area (Å²) in [5.74, 6) is 0.325. The predicted octanol–water partition coefficient (Wildman–Crippen LogP) is 2.62. The molecule has 1 aromatic heterocycles. The first-order valence-corrected chi connectivity index (χ1v) is 6.58. The molecule has 0 spiro atoms. The first-order valence-electron chi connectivity index (χ1n) is 5.10. The topological polar surface area (TPSA) is 71.1 Å². The molecule has 0 saturated heterocycles. The second kappa shape index (κ2) is 4.90. The van der Waals surface area contributed by atoms with E-state index in [1.807, 2.05) is 0 Å². The largest absolute Gasteiger partial charge is 0.465 e. The van der Waals surface area contributed by atoms with Crippen LogP contribution in [0.1, 0.15) is 5.76 Å². The molecule has 0 aliphatic heterocycles. The fourth-order valence-electron chi connectivity index (χ4n) is 1.40. The van der Waals surface area contributed by atoms with E-state index in [1.54, 1.807) is 36.4 Å². The van der Waals surface area contributed by atoms with E-state index in [0.717, 1.165) is 0 Å². The van der Waals surface area contributed by atoms with E-state index < -0.39 is 9.84 Å². The Kier molecular flexibility index (Phi) is 3.31. The molecule has 0 radical (unpaired) electrons. The lowest BCUT2D eigenvalue weighted by Crippen LogP contribution is -2.03. The number of hydrogen-bond acceptors (Lipinski definition) is 4. The average molecular weight is 259 g/mol.